The van der Waals surface area contributed by atoms with Gasteiger partial charge in [0.05, 0.1) is 6.61 Å². The number of hydrogen-bond donors (Lipinski definition) is 3. The molecule has 0 aliphatic carbocycles. The number of amides is 1. The Kier molecular flexibility index (Phi) is 6.83. The molecule has 30 heavy (non-hydrogen) atoms. The summed E-state index contributed by atoms with van der Waals surface area (Å²) in [6, 6.07) is 9.06. The number of aryl methyl sites for hydroxylation is 1. The van der Waals surface area contributed by atoms with E-state index in [1.165, 1.54) is 24.3 Å². The summed E-state index contributed by atoms with van der Waals surface area (Å²) >= 11 is 0. The second-order valence-corrected chi connectivity index (χ2v) is 7.21. The zero-order valence-electron chi connectivity index (χ0n) is 16.8. The lowest BCUT2D eigenvalue weighted by Crippen LogP contribution is -2.46. The first-order chi connectivity index (χ1) is 14.3. The Morgan fingerprint density at radius 3 is 2.60 bits per heavy atom. The lowest BCUT2D eigenvalue weighted by atomic mass is 10.1. The zero-order chi connectivity index (χ0) is 21.8. The molecule has 10 nitrogen and oxygen atoms in total. The molecule has 1 aromatic carbocycles. The van der Waals surface area contributed by atoms with Gasteiger partial charge in [-0.15, -0.1) is 0 Å². The number of nitrogens with zero attached hydrogens (tertiary/aromatic N) is 3. The number of nitrogen functional groups attached to an aromatic ring is 1. The molecule has 0 bridgehead atoms. The van der Waals surface area contributed by atoms with Gasteiger partial charge in [-0.25, -0.2) is 4.79 Å². The van der Waals surface area contributed by atoms with Crippen LogP contribution in [0.25, 0.3) is 0 Å². The van der Waals surface area contributed by atoms with Crippen LogP contribution in [-0.4, -0.2) is 69.1 Å². The van der Waals surface area contributed by atoms with Gasteiger partial charge in [0.1, 0.15) is 18.0 Å². The normalized spacial score (nSPS) is 23.5. The van der Waals surface area contributed by atoms with Crippen LogP contribution in [-0.2, 0) is 20.8 Å². The van der Waals surface area contributed by atoms with E-state index in [0.717, 1.165) is 15.7 Å². The van der Waals surface area contributed by atoms with E-state index in [0.29, 0.717) is 0 Å². The topological polar surface area (TPSA) is 140 Å². The molecule has 4 atom stereocenters. The number of carbonyl (C=O) groups is 1. The average Bonchev–Trinajstić information content (AvgIpc) is 3.01. The van der Waals surface area contributed by atoms with E-state index in [-0.39, 0.29) is 25.5 Å². The van der Waals surface area contributed by atoms with Crippen molar-refractivity contribution < 1.29 is 24.5 Å². The monoisotopic (exact) mass is 418 g/mol. The molecule has 162 valence electrons. The molecule has 1 aliphatic heterocycles. The number of rotatable bonds is 7. The van der Waals surface area contributed by atoms with Crippen LogP contribution < -0.4 is 11.4 Å². The van der Waals surface area contributed by atoms with E-state index in [4.69, 9.17) is 15.2 Å². The summed E-state index contributed by atoms with van der Waals surface area (Å²) in [5, 5.41) is 20.9. The van der Waals surface area contributed by atoms with Crippen molar-refractivity contribution in [1.82, 2.24) is 14.5 Å². The predicted octanol–water partition coefficient (Wildman–Crippen LogP) is -0.572. The second kappa shape index (κ2) is 9.35. The van der Waals surface area contributed by atoms with Gasteiger partial charge in [0, 0.05) is 26.4 Å². The van der Waals surface area contributed by atoms with Gasteiger partial charge in [-0.1, -0.05) is 29.8 Å². The molecular formula is C20H26N4O6. The highest BCUT2D eigenvalue weighted by molar-refractivity contribution is 5.82. The fourth-order valence-corrected chi connectivity index (χ4v) is 3.28. The Balaban J connectivity index is 1.81. The number of ether oxygens (including phenoxy) is 2. The molecule has 0 saturated carbocycles. The average molecular weight is 418 g/mol. The lowest BCUT2D eigenvalue weighted by molar-refractivity contribution is -0.150. The molecule has 10 heteroatoms. The van der Waals surface area contributed by atoms with E-state index in [1.54, 1.807) is 0 Å². The highest BCUT2D eigenvalue weighted by Crippen LogP contribution is 2.30. The summed E-state index contributed by atoms with van der Waals surface area (Å²) in [6.07, 6.45) is -4.33. The van der Waals surface area contributed by atoms with Gasteiger partial charge in [0.25, 0.3) is 5.91 Å². The number of anilines is 1. The van der Waals surface area contributed by atoms with Crippen molar-refractivity contribution in [3.05, 3.63) is 58.1 Å². The molecule has 2 aromatic rings. The Bertz CT molecular complexity index is 932. The third-order valence-corrected chi connectivity index (χ3v) is 4.98. The van der Waals surface area contributed by atoms with Gasteiger partial charge in [-0.05, 0) is 18.6 Å². The van der Waals surface area contributed by atoms with Crippen LogP contribution in [0.15, 0.2) is 41.3 Å². The molecule has 1 aliphatic rings. The van der Waals surface area contributed by atoms with Gasteiger partial charge in [0.2, 0.25) is 0 Å². The smallest absolute Gasteiger partial charge is 0.351 e. The van der Waals surface area contributed by atoms with Crippen LogP contribution in [0.5, 0.6) is 0 Å². The molecule has 1 saturated heterocycles. The minimum Gasteiger partial charge on any atom is -0.387 e. The van der Waals surface area contributed by atoms with E-state index in [9.17, 15) is 19.8 Å². The van der Waals surface area contributed by atoms with Crippen molar-refractivity contribution in [2.75, 3.05) is 26.0 Å². The number of carbonyl (C=O) groups excluding carboxylic acids is 1. The lowest BCUT2D eigenvalue weighted by Gasteiger charge is -2.26. The number of nitrogens with two attached hydrogens (primary N) is 1. The quantitative estimate of drug-likeness (QED) is 0.543. The molecule has 1 aromatic heterocycles. The number of aromatic nitrogens is 2. The predicted molar refractivity (Wildman–Crippen MR) is 107 cm³/mol. The van der Waals surface area contributed by atoms with E-state index >= 15 is 0 Å². The summed E-state index contributed by atoms with van der Waals surface area (Å²) in [6.45, 7) is 2.79. The Morgan fingerprint density at radius 2 is 1.97 bits per heavy atom. The van der Waals surface area contributed by atoms with Crippen molar-refractivity contribution in [3.8, 4) is 0 Å². The molecule has 1 fully saturated rings. The molecule has 1 amide bonds. The van der Waals surface area contributed by atoms with E-state index < -0.39 is 36.1 Å². The molecule has 0 unspecified atom stereocenters. The molecular weight excluding hydrogens is 392 g/mol. The first kappa shape index (κ1) is 21.9. The van der Waals surface area contributed by atoms with Crippen molar-refractivity contribution in [2.24, 2.45) is 0 Å². The summed E-state index contributed by atoms with van der Waals surface area (Å²) in [7, 11) is 1.52. The molecule has 2 heterocycles. The standard InChI is InChI=1S/C20H26N4O6/c1-12-3-5-13(6-4-12)11-23(9-10-29-2)18(27)17-15(25)16(26)19(30-17)24-8-7-14(21)22-20(24)28/h3-8,15-17,19,25-26H,9-11H2,1-2H3,(H2,21,22,28)/t15-,16+,17-,19+/m0/s1. The highest BCUT2D eigenvalue weighted by atomic mass is 16.6. The van der Waals surface area contributed by atoms with Gasteiger partial charge >= 0.3 is 5.69 Å². The third kappa shape index (κ3) is 4.68. The van der Waals surface area contributed by atoms with Crippen LogP contribution in [0.4, 0.5) is 5.82 Å². The van der Waals surface area contributed by atoms with Crippen molar-refractivity contribution in [2.45, 2.75) is 38.0 Å². The number of methoxy groups -OCH3 is 1. The van der Waals surface area contributed by atoms with Gasteiger partial charge in [-0.3, -0.25) is 9.36 Å². The molecule has 0 radical (unpaired) electrons. The Morgan fingerprint density at radius 1 is 1.27 bits per heavy atom. The summed E-state index contributed by atoms with van der Waals surface area (Å²) < 4.78 is 11.7. The number of hydrogen-bond acceptors (Lipinski definition) is 8. The number of benzene rings is 1. The Labute approximate surface area is 173 Å². The summed E-state index contributed by atoms with van der Waals surface area (Å²) in [5.74, 6) is -0.501. The van der Waals surface area contributed by atoms with E-state index in [1.807, 2.05) is 31.2 Å². The third-order valence-electron chi connectivity index (χ3n) is 4.98. The Hall–Kier alpha value is -2.79. The van der Waals surface area contributed by atoms with Crippen LogP contribution in [0.3, 0.4) is 0 Å². The van der Waals surface area contributed by atoms with Crippen LogP contribution in [0.2, 0.25) is 0 Å². The van der Waals surface area contributed by atoms with Crippen LogP contribution >= 0.6 is 0 Å². The van der Waals surface area contributed by atoms with Crippen molar-refractivity contribution in [3.63, 3.8) is 0 Å². The molecule has 0 spiro atoms. The number of aliphatic hydroxyl groups excluding tert-OH is 2. The SMILES string of the molecule is COCCN(Cc1ccc(C)cc1)C(=O)[C@H]1O[C@@H](n2ccc(N)nc2=O)[C@H](O)[C@@H]1O. The number of aliphatic hydroxyl groups is 2. The second-order valence-electron chi connectivity index (χ2n) is 7.21. The minimum absolute atomic E-state index is 0.0146. The minimum atomic E-state index is -1.52. The first-order valence-corrected chi connectivity index (χ1v) is 9.51. The zero-order valence-corrected chi connectivity index (χ0v) is 16.8. The van der Waals surface area contributed by atoms with Crippen LogP contribution in [0.1, 0.15) is 17.4 Å². The van der Waals surface area contributed by atoms with Crippen molar-refractivity contribution in [1.29, 1.82) is 0 Å². The molecule has 4 N–H and O–H groups in total. The largest absolute Gasteiger partial charge is 0.387 e. The summed E-state index contributed by atoms with van der Waals surface area (Å²) in [5.41, 5.74) is 6.72. The first-order valence-electron chi connectivity index (χ1n) is 9.51. The van der Waals surface area contributed by atoms with Gasteiger partial charge in [0.15, 0.2) is 12.3 Å². The fourth-order valence-electron chi connectivity index (χ4n) is 3.28. The van der Waals surface area contributed by atoms with E-state index in [2.05, 4.69) is 4.98 Å². The maximum absolute atomic E-state index is 13.1. The van der Waals surface area contributed by atoms with Gasteiger partial charge in [-0.2, -0.15) is 4.98 Å². The summed E-state index contributed by atoms with van der Waals surface area (Å²) in [4.78, 5) is 30.3. The highest BCUT2D eigenvalue weighted by Gasteiger charge is 2.48. The van der Waals surface area contributed by atoms with Crippen LogP contribution in [0, 0.1) is 6.92 Å². The molecule has 3 rings (SSSR count). The van der Waals surface area contributed by atoms with Crippen molar-refractivity contribution >= 4 is 11.7 Å². The maximum atomic E-state index is 13.1. The fraction of sp³-hybridized carbons (Fsp3) is 0.450. The van der Waals surface area contributed by atoms with Gasteiger partial charge < -0.3 is 30.3 Å². The maximum Gasteiger partial charge on any atom is 0.351 e.